The Bertz CT molecular complexity index is 886. The molecule has 1 N–H and O–H groups in total. The molecular formula is C18H21N3O4. The zero-order chi connectivity index (χ0) is 18.7. The number of anilines is 1. The van der Waals surface area contributed by atoms with Crippen LogP contribution in [0.2, 0.25) is 0 Å². The second-order valence-corrected chi connectivity index (χ2v) is 5.90. The van der Waals surface area contributed by atoms with Gasteiger partial charge < -0.3 is 5.32 Å². The highest BCUT2D eigenvalue weighted by Crippen LogP contribution is 2.23. The summed E-state index contributed by atoms with van der Waals surface area (Å²) in [6, 6.07) is 7.14. The Morgan fingerprint density at radius 3 is 2.56 bits per heavy atom. The van der Waals surface area contributed by atoms with Crippen LogP contribution in [0.1, 0.15) is 36.7 Å². The Morgan fingerprint density at radius 1 is 1.28 bits per heavy atom. The van der Waals surface area contributed by atoms with Crippen molar-refractivity contribution in [2.45, 2.75) is 40.2 Å². The quantitative estimate of drug-likeness (QED) is 0.666. The van der Waals surface area contributed by atoms with Crippen molar-refractivity contribution in [3.05, 3.63) is 67.6 Å². The standard InChI is InChI=1S/C18H21N3O4/c1-5-14-8-6-7-11(2)17(14)19-18(23)13(4)20-12(3)15(21(24)25)9-10-16(20)22/h6-10,13H,5H2,1-4H3,(H,19,23). The maximum absolute atomic E-state index is 12.7. The number of benzene rings is 1. The second-order valence-electron chi connectivity index (χ2n) is 5.90. The number of amides is 1. The Balaban J connectivity index is 2.41. The largest absolute Gasteiger partial charge is 0.324 e. The molecule has 0 saturated carbocycles. The SMILES string of the molecule is CCc1cccc(C)c1NC(=O)C(C)n1c(C)c([N+](=O)[O-])ccc1=O. The average molecular weight is 343 g/mol. The molecule has 25 heavy (non-hydrogen) atoms. The highest BCUT2D eigenvalue weighted by molar-refractivity contribution is 5.95. The minimum atomic E-state index is -0.878. The maximum atomic E-state index is 12.7. The molecule has 0 aliphatic carbocycles. The fourth-order valence-corrected chi connectivity index (χ4v) is 2.86. The molecule has 0 aliphatic rings. The van der Waals surface area contributed by atoms with Gasteiger partial charge in [-0.05, 0) is 38.3 Å². The van der Waals surface area contributed by atoms with Gasteiger partial charge in [0.1, 0.15) is 6.04 Å². The molecule has 7 heteroatoms. The van der Waals surface area contributed by atoms with Crippen LogP contribution in [-0.4, -0.2) is 15.4 Å². The van der Waals surface area contributed by atoms with Gasteiger partial charge >= 0.3 is 0 Å². The molecule has 0 saturated heterocycles. The molecule has 7 nitrogen and oxygen atoms in total. The van der Waals surface area contributed by atoms with Crippen molar-refractivity contribution in [1.82, 2.24) is 4.57 Å². The van der Waals surface area contributed by atoms with Crippen LogP contribution in [0.3, 0.4) is 0 Å². The zero-order valence-corrected chi connectivity index (χ0v) is 14.7. The summed E-state index contributed by atoms with van der Waals surface area (Å²) in [6.07, 6.45) is 0.751. The van der Waals surface area contributed by atoms with Crippen molar-refractivity contribution in [3.63, 3.8) is 0 Å². The number of nitrogens with one attached hydrogen (secondary N) is 1. The number of hydrogen-bond acceptors (Lipinski definition) is 4. The third-order valence-electron chi connectivity index (χ3n) is 4.30. The molecule has 1 heterocycles. The van der Waals surface area contributed by atoms with Crippen LogP contribution in [0.5, 0.6) is 0 Å². The van der Waals surface area contributed by atoms with E-state index in [0.29, 0.717) is 0 Å². The molecule has 1 amide bonds. The number of aryl methyl sites for hydroxylation is 2. The van der Waals surface area contributed by atoms with E-state index in [-0.39, 0.29) is 11.4 Å². The fourth-order valence-electron chi connectivity index (χ4n) is 2.86. The summed E-state index contributed by atoms with van der Waals surface area (Å²) in [6.45, 7) is 6.90. The molecule has 2 rings (SSSR count). The summed E-state index contributed by atoms with van der Waals surface area (Å²) in [5.74, 6) is -0.394. The van der Waals surface area contributed by atoms with E-state index < -0.39 is 22.4 Å². The molecule has 0 spiro atoms. The van der Waals surface area contributed by atoms with E-state index in [1.54, 1.807) is 6.92 Å². The smallest absolute Gasteiger partial charge is 0.288 e. The number of aromatic nitrogens is 1. The molecule has 1 atom stereocenters. The molecule has 132 valence electrons. The van der Waals surface area contributed by atoms with Crippen molar-refractivity contribution in [2.75, 3.05) is 5.32 Å². The Morgan fingerprint density at radius 2 is 1.96 bits per heavy atom. The van der Waals surface area contributed by atoms with Gasteiger partial charge in [-0.25, -0.2) is 0 Å². The third-order valence-corrected chi connectivity index (χ3v) is 4.30. The first kappa shape index (κ1) is 18.4. The minimum absolute atomic E-state index is 0.153. The first-order valence-electron chi connectivity index (χ1n) is 8.03. The fraction of sp³-hybridized carbons (Fsp3) is 0.333. The van der Waals surface area contributed by atoms with Crippen LogP contribution in [0.25, 0.3) is 0 Å². The van der Waals surface area contributed by atoms with Crippen molar-refractivity contribution in [2.24, 2.45) is 0 Å². The van der Waals surface area contributed by atoms with Crippen molar-refractivity contribution >= 4 is 17.3 Å². The normalized spacial score (nSPS) is 11.8. The van der Waals surface area contributed by atoms with E-state index in [0.717, 1.165) is 39.9 Å². The molecule has 0 bridgehead atoms. The third kappa shape index (κ3) is 3.60. The number of carbonyl (C=O) groups excluding carboxylic acids is 1. The molecule has 1 unspecified atom stereocenters. The first-order valence-corrected chi connectivity index (χ1v) is 8.03. The van der Waals surface area contributed by atoms with Crippen molar-refractivity contribution in [1.29, 1.82) is 0 Å². The van der Waals surface area contributed by atoms with Gasteiger partial charge in [0.05, 0.1) is 10.6 Å². The lowest BCUT2D eigenvalue weighted by atomic mass is 10.1. The molecule has 0 fully saturated rings. The van der Waals surface area contributed by atoms with E-state index in [2.05, 4.69) is 5.32 Å². The summed E-state index contributed by atoms with van der Waals surface area (Å²) in [5.41, 5.74) is 2.14. The molecule has 1 aromatic heterocycles. The molecule has 1 aromatic carbocycles. The Hall–Kier alpha value is -2.96. The zero-order valence-electron chi connectivity index (χ0n) is 14.7. The number of nitro groups is 1. The number of hydrogen-bond donors (Lipinski definition) is 1. The van der Waals surface area contributed by atoms with Crippen LogP contribution < -0.4 is 10.9 Å². The molecule has 0 aliphatic heterocycles. The summed E-state index contributed by atoms with van der Waals surface area (Å²) < 4.78 is 1.15. The van der Waals surface area contributed by atoms with E-state index >= 15 is 0 Å². The minimum Gasteiger partial charge on any atom is -0.324 e. The Labute approximate surface area is 145 Å². The van der Waals surface area contributed by atoms with Gasteiger partial charge in [0.2, 0.25) is 5.91 Å². The lowest BCUT2D eigenvalue weighted by molar-refractivity contribution is -0.386. The number of para-hydroxylation sites is 1. The number of pyridine rings is 1. The summed E-state index contributed by atoms with van der Waals surface area (Å²) in [7, 11) is 0. The average Bonchev–Trinajstić information content (AvgIpc) is 2.56. The van der Waals surface area contributed by atoms with Gasteiger partial charge in [-0.15, -0.1) is 0 Å². The van der Waals surface area contributed by atoms with Crippen LogP contribution in [0, 0.1) is 24.0 Å². The van der Waals surface area contributed by atoms with E-state index in [1.165, 1.54) is 6.92 Å². The van der Waals surface area contributed by atoms with Gasteiger partial charge in [0, 0.05) is 17.8 Å². The Kier molecular flexibility index (Phi) is 5.36. The maximum Gasteiger partial charge on any atom is 0.288 e. The van der Waals surface area contributed by atoms with E-state index in [4.69, 9.17) is 0 Å². The van der Waals surface area contributed by atoms with Crippen molar-refractivity contribution in [3.8, 4) is 0 Å². The number of rotatable bonds is 5. The lowest BCUT2D eigenvalue weighted by Gasteiger charge is -2.19. The van der Waals surface area contributed by atoms with E-state index in [1.807, 2.05) is 32.0 Å². The predicted molar refractivity (Wildman–Crippen MR) is 96.0 cm³/mol. The highest BCUT2D eigenvalue weighted by atomic mass is 16.6. The molecule has 0 radical (unpaired) electrons. The summed E-state index contributed by atoms with van der Waals surface area (Å²) in [5, 5.41) is 13.9. The van der Waals surface area contributed by atoms with Gasteiger partial charge in [-0.2, -0.15) is 0 Å². The van der Waals surface area contributed by atoms with Gasteiger partial charge in [-0.3, -0.25) is 24.3 Å². The highest BCUT2D eigenvalue weighted by Gasteiger charge is 2.23. The van der Waals surface area contributed by atoms with Gasteiger partial charge in [-0.1, -0.05) is 25.1 Å². The number of nitrogens with zero attached hydrogens (tertiary/aromatic N) is 2. The summed E-state index contributed by atoms with van der Waals surface area (Å²) in [4.78, 5) is 35.4. The van der Waals surface area contributed by atoms with Crippen LogP contribution >= 0.6 is 0 Å². The summed E-state index contributed by atoms with van der Waals surface area (Å²) >= 11 is 0. The molecular weight excluding hydrogens is 322 g/mol. The lowest BCUT2D eigenvalue weighted by Crippen LogP contribution is -2.33. The molecule has 2 aromatic rings. The van der Waals surface area contributed by atoms with Crippen LogP contribution in [-0.2, 0) is 11.2 Å². The first-order chi connectivity index (χ1) is 11.8. The van der Waals surface area contributed by atoms with Crippen LogP contribution in [0.15, 0.2) is 35.1 Å². The number of carbonyl (C=O) groups is 1. The topological polar surface area (TPSA) is 94.2 Å². The van der Waals surface area contributed by atoms with E-state index in [9.17, 15) is 19.7 Å². The monoisotopic (exact) mass is 343 g/mol. The second kappa shape index (κ2) is 7.29. The van der Waals surface area contributed by atoms with Crippen molar-refractivity contribution < 1.29 is 9.72 Å². The predicted octanol–water partition coefficient (Wildman–Crippen LogP) is 3.14. The van der Waals surface area contributed by atoms with Gasteiger partial charge in [0.25, 0.3) is 11.2 Å². The van der Waals surface area contributed by atoms with Gasteiger partial charge in [0.15, 0.2) is 0 Å². The van der Waals surface area contributed by atoms with Crippen LogP contribution in [0.4, 0.5) is 11.4 Å².